The first-order valence-electron chi connectivity index (χ1n) is 6.89. The van der Waals surface area contributed by atoms with Crippen LogP contribution in [0.3, 0.4) is 0 Å². The van der Waals surface area contributed by atoms with Crippen LogP contribution in [0.15, 0.2) is 52.9 Å². The summed E-state index contributed by atoms with van der Waals surface area (Å²) in [4.78, 5) is 12.0. The topological polar surface area (TPSA) is 80.7 Å². The van der Waals surface area contributed by atoms with E-state index in [2.05, 4.69) is 0 Å². The fourth-order valence-electron chi connectivity index (χ4n) is 2.66. The van der Waals surface area contributed by atoms with Gasteiger partial charge in [-0.15, -0.1) is 0 Å². The van der Waals surface area contributed by atoms with Gasteiger partial charge in [0.05, 0.1) is 7.11 Å². The molecule has 1 aliphatic rings. The number of Topliss-reactive ketones (excluding diaryl/α,β-unsaturated/α-hetero) is 1. The predicted octanol–water partition coefficient (Wildman–Crippen LogP) is -0.232. The number of carbonyl (C=O) groups is 1. The number of allylic oxidation sites excluding steroid dienone is 1. The summed E-state index contributed by atoms with van der Waals surface area (Å²) in [6, 6.07) is 11.7. The Kier molecular flexibility index (Phi) is 5.67. The van der Waals surface area contributed by atoms with Gasteiger partial charge in [-0.25, -0.2) is 0 Å². The Hall–Kier alpha value is -1.44. The van der Waals surface area contributed by atoms with Crippen LogP contribution >= 0.6 is 0 Å². The van der Waals surface area contributed by atoms with Gasteiger partial charge in [0, 0.05) is 17.6 Å². The molecule has 24 heavy (non-hydrogen) atoms. The van der Waals surface area contributed by atoms with E-state index < -0.39 is 10.1 Å². The monoisotopic (exact) mass is 353 g/mol. The fourth-order valence-corrected chi connectivity index (χ4v) is 3.35. The smallest absolute Gasteiger partial charge is 0.495 e. The van der Waals surface area contributed by atoms with E-state index in [9.17, 15) is 17.8 Å². The van der Waals surface area contributed by atoms with Gasteiger partial charge >= 0.3 is 29.6 Å². The predicted molar refractivity (Wildman–Crippen MR) is 85.3 cm³/mol. The van der Waals surface area contributed by atoms with Crippen LogP contribution in [0.5, 0.6) is 5.75 Å². The van der Waals surface area contributed by atoms with Gasteiger partial charge in [-0.1, -0.05) is 30.3 Å². The summed E-state index contributed by atoms with van der Waals surface area (Å²) in [6.45, 7) is 0. The standard InChI is InChI=1S/C17H14O5S.Na/c1-22-15-7-6-11(9-16(15)23(19,20)21)8-13-10-12-4-2-3-5-14(12)17(13)18;/h2-9H,10H2,1H3,(H,19,20,21);/q;+1/b13-8+;. The number of benzene rings is 2. The Bertz CT molecular complexity index is 932. The molecular formula is C17H14NaO5S+. The van der Waals surface area contributed by atoms with E-state index >= 15 is 0 Å². The summed E-state index contributed by atoms with van der Waals surface area (Å²) in [7, 11) is -3.09. The second-order valence-electron chi connectivity index (χ2n) is 5.22. The molecule has 0 fully saturated rings. The Morgan fingerprint density at radius 2 is 1.88 bits per heavy atom. The minimum Gasteiger partial charge on any atom is -0.495 e. The van der Waals surface area contributed by atoms with Crippen LogP contribution < -0.4 is 34.3 Å². The second-order valence-corrected chi connectivity index (χ2v) is 6.61. The van der Waals surface area contributed by atoms with E-state index in [-0.39, 0.29) is 46.0 Å². The molecule has 0 bridgehead atoms. The molecule has 0 saturated carbocycles. The molecule has 0 amide bonds. The normalized spacial score (nSPS) is 15.1. The Morgan fingerprint density at radius 3 is 2.50 bits per heavy atom. The third-order valence-corrected chi connectivity index (χ3v) is 4.62. The zero-order valence-corrected chi connectivity index (χ0v) is 16.1. The first-order valence-corrected chi connectivity index (χ1v) is 8.33. The van der Waals surface area contributed by atoms with Gasteiger partial charge < -0.3 is 4.74 Å². The SMILES string of the molecule is COc1ccc(/C=C2\Cc3ccccc3C2=O)cc1S(=O)(=O)O.[Na+]. The fraction of sp³-hybridized carbons (Fsp3) is 0.118. The van der Waals surface area contributed by atoms with Crippen molar-refractivity contribution < 1.29 is 52.1 Å². The zero-order valence-electron chi connectivity index (χ0n) is 13.3. The van der Waals surface area contributed by atoms with Crippen LogP contribution in [-0.4, -0.2) is 25.9 Å². The number of ether oxygens (including phenoxy) is 1. The van der Waals surface area contributed by atoms with Crippen molar-refractivity contribution >= 4 is 22.0 Å². The molecule has 0 saturated heterocycles. The maximum Gasteiger partial charge on any atom is 1.00 e. The van der Waals surface area contributed by atoms with E-state index in [0.29, 0.717) is 23.1 Å². The van der Waals surface area contributed by atoms with Crippen LogP contribution in [0.25, 0.3) is 6.08 Å². The number of fused-ring (bicyclic) bond motifs is 1. The van der Waals surface area contributed by atoms with E-state index in [4.69, 9.17) is 4.74 Å². The van der Waals surface area contributed by atoms with E-state index in [1.54, 1.807) is 18.2 Å². The number of hydrogen-bond acceptors (Lipinski definition) is 4. The van der Waals surface area contributed by atoms with E-state index in [0.717, 1.165) is 5.56 Å². The minimum atomic E-state index is -4.41. The van der Waals surface area contributed by atoms with Crippen molar-refractivity contribution in [1.29, 1.82) is 0 Å². The number of carbonyl (C=O) groups excluding carboxylic acids is 1. The number of rotatable bonds is 3. The van der Waals surface area contributed by atoms with E-state index in [1.807, 2.05) is 18.2 Å². The van der Waals surface area contributed by atoms with Crippen molar-refractivity contribution in [2.45, 2.75) is 11.3 Å². The maximum atomic E-state index is 12.3. The first-order chi connectivity index (χ1) is 10.9. The molecule has 0 radical (unpaired) electrons. The molecule has 2 aromatic carbocycles. The van der Waals surface area contributed by atoms with Crippen molar-refractivity contribution in [3.63, 3.8) is 0 Å². The summed E-state index contributed by atoms with van der Waals surface area (Å²) in [5, 5.41) is 0. The molecule has 118 valence electrons. The van der Waals surface area contributed by atoms with E-state index in [1.165, 1.54) is 19.2 Å². The molecule has 1 aliphatic carbocycles. The molecule has 0 unspecified atom stereocenters. The van der Waals surface area contributed by atoms with Crippen LogP contribution in [-0.2, 0) is 16.5 Å². The number of ketones is 1. The molecular weight excluding hydrogens is 339 g/mol. The Balaban J connectivity index is 0.00000208. The van der Waals surface area contributed by atoms with Crippen molar-refractivity contribution in [3.8, 4) is 5.75 Å². The molecule has 0 aliphatic heterocycles. The van der Waals surface area contributed by atoms with Gasteiger partial charge in [0.25, 0.3) is 10.1 Å². The summed E-state index contributed by atoms with van der Waals surface area (Å²) < 4.78 is 37.1. The third-order valence-electron chi connectivity index (χ3n) is 3.74. The van der Waals surface area contributed by atoms with Gasteiger partial charge in [0.15, 0.2) is 5.78 Å². The average Bonchev–Trinajstić information content (AvgIpc) is 2.83. The molecule has 3 rings (SSSR count). The molecule has 0 spiro atoms. The third kappa shape index (κ3) is 3.63. The molecule has 0 atom stereocenters. The zero-order chi connectivity index (χ0) is 16.6. The largest absolute Gasteiger partial charge is 1.00 e. The Morgan fingerprint density at radius 1 is 1.17 bits per heavy atom. The molecule has 7 heteroatoms. The van der Waals surface area contributed by atoms with Crippen LogP contribution in [0, 0.1) is 0 Å². The van der Waals surface area contributed by atoms with Gasteiger partial charge in [-0.05, 0) is 29.3 Å². The van der Waals surface area contributed by atoms with Crippen molar-refractivity contribution in [2.24, 2.45) is 0 Å². The van der Waals surface area contributed by atoms with Crippen molar-refractivity contribution in [2.75, 3.05) is 7.11 Å². The van der Waals surface area contributed by atoms with Gasteiger partial charge in [-0.2, -0.15) is 8.42 Å². The van der Waals surface area contributed by atoms with Crippen molar-refractivity contribution in [1.82, 2.24) is 0 Å². The minimum absolute atomic E-state index is 0. The molecule has 5 nitrogen and oxygen atoms in total. The average molecular weight is 353 g/mol. The van der Waals surface area contributed by atoms with Crippen LogP contribution in [0.4, 0.5) is 0 Å². The summed E-state index contributed by atoms with van der Waals surface area (Å²) in [5.74, 6) is -0.0134. The Labute approximate surface area is 162 Å². The van der Waals surface area contributed by atoms with Gasteiger partial charge in [0.2, 0.25) is 0 Å². The number of hydrogen-bond donors (Lipinski definition) is 1. The molecule has 1 N–H and O–H groups in total. The molecule has 2 aromatic rings. The summed E-state index contributed by atoms with van der Waals surface area (Å²) in [5.41, 5.74) is 2.71. The van der Waals surface area contributed by atoms with Crippen LogP contribution in [0.1, 0.15) is 21.5 Å². The summed E-state index contributed by atoms with van der Waals surface area (Å²) in [6.07, 6.45) is 2.14. The number of methoxy groups -OCH3 is 1. The van der Waals surface area contributed by atoms with Crippen LogP contribution in [0.2, 0.25) is 0 Å². The molecule has 0 heterocycles. The van der Waals surface area contributed by atoms with Gasteiger partial charge in [0.1, 0.15) is 10.6 Å². The molecule has 0 aromatic heterocycles. The maximum absolute atomic E-state index is 12.3. The van der Waals surface area contributed by atoms with Gasteiger partial charge in [-0.3, -0.25) is 9.35 Å². The first kappa shape index (κ1) is 18.9. The quantitative estimate of drug-likeness (QED) is 0.468. The second kappa shape index (κ2) is 7.21. The summed E-state index contributed by atoms with van der Waals surface area (Å²) >= 11 is 0. The van der Waals surface area contributed by atoms with Crippen molar-refractivity contribution in [3.05, 3.63) is 64.7 Å².